The predicted octanol–water partition coefficient (Wildman–Crippen LogP) is -0.798. The molecule has 0 aromatic rings. The maximum atomic E-state index is 11.1. The van der Waals surface area contributed by atoms with Gasteiger partial charge < -0.3 is 5.32 Å². The minimum atomic E-state index is -3.64. The van der Waals surface area contributed by atoms with Gasteiger partial charge in [0.15, 0.2) is 5.75 Å². The molecule has 7 heteroatoms. The van der Waals surface area contributed by atoms with E-state index in [0.717, 1.165) is 0 Å². The number of hydrogen-bond acceptors (Lipinski definition) is 4. The van der Waals surface area contributed by atoms with E-state index in [0.29, 0.717) is 12.5 Å². The molecule has 0 aromatic carbocycles. The smallest absolute Gasteiger partial charge is 0.235 e. The second-order valence-corrected chi connectivity index (χ2v) is 5.24. The molecule has 0 radical (unpaired) electrons. The number of carbonyl (C=O) groups is 1. The Labute approximate surface area is 89.7 Å². The van der Waals surface area contributed by atoms with E-state index in [9.17, 15) is 13.2 Å². The molecule has 0 saturated carbocycles. The lowest BCUT2D eigenvalue weighted by Gasteiger charge is -2.07. The van der Waals surface area contributed by atoms with E-state index >= 15 is 0 Å². The van der Waals surface area contributed by atoms with Crippen molar-refractivity contribution >= 4 is 15.9 Å². The summed E-state index contributed by atoms with van der Waals surface area (Å²) in [4.78, 5) is 11.1. The monoisotopic (exact) mass is 233 g/mol. The largest absolute Gasteiger partial charge is 0.355 e. The molecule has 0 rings (SSSR count). The van der Waals surface area contributed by atoms with Crippen molar-refractivity contribution in [2.75, 3.05) is 18.8 Å². The first-order valence-electron chi connectivity index (χ1n) is 4.48. The zero-order valence-corrected chi connectivity index (χ0v) is 9.60. The standard InChI is InChI=1S/C8H15N3O3S/c1-7(2)5-10-8(12)6-11-15(13,14)4-3-9/h7,11H,4-6H2,1-2H3,(H,10,12). The molecule has 0 aliphatic carbocycles. The number of nitrogens with zero attached hydrogens (tertiary/aromatic N) is 1. The molecule has 0 heterocycles. The van der Waals surface area contributed by atoms with Gasteiger partial charge in [0.25, 0.3) is 0 Å². The second-order valence-electron chi connectivity index (χ2n) is 3.44. The average molecular weight is 233 g/mol. The summed E-state index contributed by atoms with van der Waals surface area (Å²) in [5.74, 6) is -0.723. The summed E-state index contributed by atoms with van der Waals surface area (Å²) in [6.45, 7) is 4.04. The Morgan fingerprint density at radius 3 is 2.53 bits per heavy atom. The summed E-state index contributed by atoms with van der Waals surface area (Å²) in [5, 5.41) is 10.7. The topological polar surface area (TPSA) is 99.1 Å². The Balaban J connectivity index is 3.87. The molecule has 0 bridgehead atoms. The maximum absolute atomic E-state index is 11.1. The van der Waals surface area contributed by atoms with E-state index < -0.39 is 21.7 Å². The van der Waals surface area contributed by atoms with Crippen molar-refractivity contribution in [1.82, 2.24) is 10.0 Å². The third kappa shape index (κ3) is 7.90. The highest BCUT2D eigenvalue weighted by Crippen LogP contribution is 1.87. The highest BCUT2D eigenvalue weighted by Gasteiger charge is 2.11. The quantitative estimate of drug-likeness (QED) is 0.627. The molecule has 0 atom stereocenters. The highest BCUT2D eigenvalue weighted by molar-refractivity contribution is 7.89. The number of carbonyl (C=O) groups excluding carboxylic acids is 1. The summed E-state index contributed by atoms with van der Waals surface area (Å²) < 4.78 is 23.9. The van der Waals surface area contributed by atoms with Crippen LogP contribution in [0.1, 0.15) is 13.8 Å². The number of amides is 1. The molecule has 1 amide bonds. The molecule has 15 heavy (non-hydrogen) atoms. The number of nitrogens with one attached hydrogen (secondary N) is 2. The van der Waals surface area contributed by atoms with Gasteiger partial charge >= 0.3 is 0 Å². The summed E-state index contributed by atoms with van der Waals surface area (Å²) in [6, 6.07) is 1.50. The van der Waals surface area contributed by atoms with Gasteiger partial charge in [-0.05, 0) is 5.92 Å². The predicted molar refractivity (Wildman–Crippen MR) is 55.3 cm³/mol. The Morgan fingerprint density at radius 1 is 1.47 bits per heavy atom. The first kappa shape index (κ1) is 13.9. The molecule has 0 spiro atoms. The van der Waals surface area contributed by atoms with Crippen molar-refractivity contribution in [3.05, 3.63) is 0 Å². The van der Waals surface area contributed by atoms with Crippen molar-refractivity contribution in [2.45, 2.75) is 13.8 Å². The lowest BCUT2D eigenvalue weighted by Crippen LogP contribution is -2.38. The fraction of sp³-hybridized carbons (Fsp3) is 0.750. The third-order valence-electron chi connectivity index (χ3n) is 1.41. The van der Waals surface area contributed by atoms with Gasteiger partial charge in [-0.15, -0.1) is 0 Å². The number of rotatable bonds is 6. The van der Waals surface area contributed by atoms with E-state index in [4.69, 9.17) is 5.26 Å². The second kappa shape index (κ2) is 6.37. The van der Waals surface area contributed by atoms with Crippen LogP contribution in [0.5, 0.6) is 0 Å². The molecular formula is C8H15N3O3S. The Kier molecular flexibility index (Phi) is 5.89. The zero-order chi connectivity index (χ0) is 11.9. The SMILES string of the molecule is CC(C)CNC(=O)CNS(=O)(=O)CC#N. The van der Waals surface area contributed by atoms with E-state index in [2.05, 4.69) is 5.32 Å². The first-order chi connectivity index (χ1) is 6.87. The van der Waals surface area contributed by atoms with Crippen LogP contribution in [0.4, 0.5) is 0 Å². The van der Waals surface area contributed by atoms with E-state index in [1.165, 1.54) is 6.07 Å². The van der Waals surface area contributed by atoms with Gasteiger partial charge in [-0.1, -0.05) is 13.8 Å². The fourth-order valence-corrected chi connectivity index (χ4v) is 1.32. The van der Waals surface area contributed by atoms with Crippen LogP contribution < -0.4 is 10.0 Å². The average Bonchev–Trinajstić information content (AvgIpc) is 2.11. The van der Waals surface area contributed by atoms with Crippen LogP contribution in [0.25, 0.3) is 0 Å². The molecule has 0 fully saturated rings. The van der Waals surface area contributed by atoms with Gasteiger partial charge in [0.05, 0.1) is 12.6 Å². The minimum Gasteiger partial charge on any atom is -0.355 e. The van der Waals surface area contributed by atoms with Crippen molar-refractivity contribution in [2.24, 2.45) is 5.92 Å². The van der Waals surface area contributed by atoms with Crippen LogP contribution in [-0.4, -0.2) is 33.2 Å². The van der Waals surface area contributed by atoms with Crippen LogP contribution in [0.15, 0.2) is 0 Å². The van der Waals surface area contributed by atoms with Gasteiger partial charge in [-0.25, -0.2) is 13.1 Å². The van der Waals surface area contributed by atoms with Crippen molar-refractivity contribution in [1.29, 1.82) is 5.26 Å². The molecule has 86 valence electrons. The first-order valence-corrected chi connectivity index (χ1v) is 6.13. The molecular weight excluding hydrogens is 218 g/mol. The number of nitriles is 1. The molecule has 6 nitrogen and oxygen atoms in total. The molecule has 0 aliphatic rings. The van der Waals surface area contributed by atoms with Gasteiger partial charge in [-0.2, -0.15) is 5.26 Å². The lowest BCUT2D eigenvalue weighted by atomic mass is 10.2. The lowest BCUT2D eigenvalue weighted by molar-refractivity contribution is -0.120. The van der Waals surface area contributed by atoms with Crippen LogP contribution in [0, 0.1) is 17.2 Å². The van der Waals surface area contributed by atoms with E-state index in [-0.39, 0.29) is 6.54 Å². The zero-order valence-electron chi connectivity index (χ0n) is 8.78. The van der Waals surface area contributed by atoms with Crippen LogP contribution in [0.2, 0.25) is 0 Å². The molecule has 0 unspecified atom stereocenters. The summed E-state index contributed by atoms with van der Waals surface area (Å²) in [7, 11) is -3.64. The molecule has 0 aromatic heterocycles. The maximum Gasteiger partial charge on any atom is 0.235 e. The van der Waals surface area contributed by atoms with Gasteiger partial charge in [0.2, 0.25) is 15.9 Å². The Morgan fingerprint density at radius 2 is 2.07 bits per heavy atom. The van der Waals surface area contributed by atoms with Crippen LogP contribution in [0.3, 0.4) is 0 Å². The number of hydrogen-bond donors (Lipinski definition) is 2. The van der Waals surface area contributed by atoms with Gasteiger partial charge in [-0.3, -0.25) is 4.79 Å². The fourth-order valence-electron chi connectivity index (χ4n) is 0.692. The Bertz CT molecular complexity index is 343. The van der Waals surface area contributed by atoms with Crippen molar-refractivity contribution in [3.63, 3.8) is 0 Å². The molecule has 2 N–H and O–H groups in total. The normalized spacial score (nSPS) is 11.1. The minimum absolute atomic E-state index is 0.310. The van der Waals surface area contributed by atoms with Crippen LogP contribution in [-0.2, 0) is 14.8 Å². The Hall–Kier alpha value is -1.13. The van der Waals surface area contributed by atoms with Crippen LogP contribution >= 0.6 is 0 Å². The van der Waals surface area contributed by atoms with Gasteiger partial charge in [0, 0.05) is 6.54 Å². The third-order valence-corrected chi connectivity index (χ3v) is 2.51. The summed E-state index contributed by atoms with van der Waals surface area (Å²) >= 11 is 0. The van der Waals surface area contributed by atoms with E-state index in [1.807, 2.05) is 18.6 Å². The summed E-state index contributed by atoms with van der Waals surface area (Å²) in [6.07, 6.45) is 0. The van der Waals surface area contributed by atoms with Gasteiger partial charge in [0.1, 0.15) is 0 Å². The highest BCUT2D eigenvalue weighted by atomic mass is 32.2. The summed E-state index contributed by atoms with van der Waals surface area (Å²) in [5.41, 5.74) is 0. The molecule has 0 saturated heterocycles. The van der Waals surface area contributed by atoms with Crippen molar-refractivity contribution in [3.8, 4) is 6.07 Å². The number of sulfonamides is 1. The van der Waals surface area contributed by atoms with Crippen molar-refractivity contribution < 1.29 is 13.2 Å². The molecule has 0 aliphatic heterocycles. The van der Waals surface area contributed by atoms with E-state index in [1.54, 1.807) is 0 Å².